The molecule has 1 heterocycles. The first kappa shape index (κ1) is 19.9. The summed E-state index contributed by atoms with van der Waals surface area (Å²) in [5.41, 5.74) is 0.581. The molecule has 1 N–H and O–H groups in total. The van der Waals surface area contributed by atoms with Gasteiger partial charge in [-0.15, -0.1) is 0 Å². The highest BCUT2D eigenvalue weighted by molar-refractivity contribution is 9.10. The molecule has 8 heteroatoms. The van der Waals surface area contributed by atoms with Gasteiger partial charge in [0.1, 0.15) is 5.75 Å². The van der Waals surface area contributed by atoms with E-state index in [1.807, 2.05) is 12.1 Å². The number of nitrogens with one attached hydrogen (secondary N) is 1. The van der Waals surface area contributed by atoms with Crippen LogP contribution in [-0.2, 0) is 14.8 Å². The van der Waals surface area contributed by atoms with E-state index in [2.05, 4.69) is 21.2 Å². The summed E-state index contributed by atoms with van der Waals surface area (Å²) in [6, 6.07) is 13.7. The third-order valence-corrected chi connectivity index (χ3v) is 6.98. The molecule has 3 rings (SSSR count). The number of hydrogen-bond donors (Lipinski definition) is 1. The number of sulfonamides is 1. The maximum atomic E-state index is 12.9. The van der Waals surface area contributed by atoms with E-state index in [9.17, 15) is 13.2 Å². The van der Waals surface area contributed by atoms with Crippen LogP contribution in [0.4, 0.5) is 5.69 Å². The number of hydrogen-bond acceptors (Lipinski definition) is 4. The van der Waals surface area contributed by atoms with Crippen molar-refractivity contribution in [3.8, 4) is 5.75 Å². The van der Waals surface area contributed by atoms with Gasteiger partial charge in [-0.2, -0.15) is 4.31 Å². The number of carbonyl (C=O) groups excluding carboxylic acids is 1. The number of methoxy groups -OCH3 is 1. The molecule has 0 radical (unpaired) electrons. The monoisotopic (exact) mass is 452 g/mol. The molecule has 0 unspecified atom stereocenters. The van der Waals surface area contributed by atoms with Crippen molar-refractivity contribution in [1.82, 2.24) is 4.31 Å². The van der Waals surface area contributed by atoms with Crippen molar-refractivity contribution in [2.24, 2.45) is 5.92 Å². The zero-order valence-corrected chi connectivity index (χ0v) is 17.3. The van der Waals surface area contributed by atoms with E-state index in [4.69, 9.17) is 4.74 Å². The third-order valence-electron chi connectivity index (χ3n) is 4.57. The minimum Gasteiger partial charge on any atom is -0.495 e. The van der Waals surface area contributed by atoms with Crippen molar-refractivity contribution in [1.29, 1.82) is 0 Å². The summed E-state index contributed by atoms with van der Waals surface area (Å²) < 4.78 is 33.2. The first-order valence-corrected chi connectivity index (χ1v) is 10.8. The van der Waals surface area contributed by atoms with Gasteiger partial charge in [0.15, 0.2) is 0 Å². The molecule has 1 aliphatic heterocycles. The highest BCUT2D eigenvalue weighted by atomic mass is 79.9. The molecule has 1 atom stereocenters. The number of amides is 1. The van der Waals surface area contributed by atoms with Gasteiger partial charge in [0.25, 0.3) is 0 Å². The Hall–Kier alpha value is -1.90. The van der Waals surface area contributed by atoms with Crippen LogP contribution in [-0.4, -0.2) is 38.8 Å². The first-order valence-electron chi connectivity index (χ1n) is 8.61. The lowest BCUT2D eigenvalue weighted by molar-refractivity contribution is -0.120. The second-order valence-corrected chi connectivity index (χ2v) is 9.20. The maximum Gasteiger partial charge on any atom is 0.243 e. The SMILES string of the molecule is COc1ccccc1NC(=O)[C@@H]1CCCN(S(=O)(=O)c2ccc(Br)cc2)C1. The Labute approximate surface area is 167 Å². The second kappa shape index (κ2) is 8.41. The summed E-state index contributed by atoms with van der Waals surface area (Å²) in [5.74, 6) is -0.0370. The number of halogens is 1. The topological polar surface area (TPSA) is 75.7 Å². The van der Waals surface area contributed by atoms with Gasteiger partial charge in [0.05, 0.1) is 23.6 Å². The summed E-state index contributed by atoms with van der Waals surface area (Å²) in [6.45, 7) is 0.580. The Morgan fingerprint density at radius 3 is 2.59 bits per heavy atom. The largest absolute Gasteiger partial charge is 0.495 e. The number of rotatable bonds is 5. The van der Waals surface area contributed by atoms with Crippen LogP contribution in [0.1, 0.15) is 12.8 Å². The average Bonchev–Trinajstić information content (AvgIpc) is 2.69. The molecule has 1 saturated heterocycles. The van der Waals surface area contributed by atoms with Crippen molar-refractivity contribution >= 4 is 37.5 Å². The first-order chi connectivity index (χ1) is 12.9. The van der Waals surface area contributed by atoms with Gasteiger partial charge in [-0.1, -0.05) is 28.1 Å². The van der Waals surface area contributed by atoms with E-state index in [0.29, 0.717) is 30.8 Å². The molecular weight excluding hydrogens is 432 g/mol. The number of anilines is 1. The predicted octanol–water partition coefficient (Wildman–Crippen LogP) is 3.50. The summed E-state index contributed by atoms with van der Waals surface area (Å²) in [7, 11) is -2.08. The predicted molar refractivity (Wildman–Crippen MR) is 107 cm³/mol. The van der Waals surface area contributed by atoms with Gasteiger partial charge < -0.3 is 10.1 Å². The van der Waals surface area contributed by atoms with Crippen LogP contribution in [0.15, 0.2) is 57.9 Å². The number of carbonyl (C=O) groups is 1. The number of benzene rings is 2. The molecule has 0 aromatic heterocycles. The molecule has 2 aromatic carbocycles. The van der Waals surface area contributed by atoms with Crippen molar-refractivity contribution in [2.75, 3.05) is 25.5 Å². The zero-order valence-electron chi connectivity index (χ0n) is 14.9. The fourth-order valence-corrected chi connectivity index (χ4v) is 4.90. The van der Waals surface area contributed by atoms with Crippen molar-refractivity contribution in [2.45, 2.75) is 17.7 Å². The van der Waals surface area contributed by atoms with E-state index in [0.717, 1.165) is 4.47 Å². The minimum atomic E-state index is -3.62. The summed E-state index contributed by atoms with van der Waals surface area (Å²) in [4.78, 5) is 12.9. The van der Waals surface area contributed by atoms with Gasteiger partial charge in [-0.25, -0.2) is 8.42 Å². The van der Waals surface area contributed by atoms with Crippen LogP contribution in [0.5, 0.6) is 5.75 Å². The van der Waals surface area contributed by atoms with Gasteiger partial charge in [-0.3, -0.25) is 4.79 Å². The second-order valence-electron chi connectivity index (χ2n) is 6.35. The lowest BCUT2D eigenvalue weighted by Crippen LogP contribution is -2.43. The van der Waals surface area contributed by atoms with E-state index >= 15 is 0 Å². The fraction of sp³-hybridized carbons (Fsp3) is 0.316. The van der Waals surface area contributed by atoms with Crippen molar-refractivity contribution in [3.05, 3.63) is 53.0 Å². The molecule has 2 aromatic rings. The number of nitrogens with zero attached hydrogens (tertiary/aromatic N) is 1. The Kier molecular flexibility index (Phi) is 6.18. The normalized spacial score (nSPS) is 18.1. The van der Waals surface area contributed by atoms with Crippen LogP contribution in [0.3, 0.4) is 0 Å². The molecule has 1 aliphatic rings. The minimum absolute atomic E-state index is 0.166. The Morgan fingerprint density at radius 1 is 1.19 bits per heavy atom. The molecule has 1 fully saturated rings. The lowest BCUT2D eigenvalue weighted by atomic mass is 9.98. The van der Waals surface area contributed by atoms with Crippen LogP contribution in [0.25, 0.3) is 0 Å². The van der Waals surface area contributed by atoms with E-state index < -0.39 is 15.9 Å². The van der Waals surface area contributed by atoms with E-state index in [1.54, 1.807) is 36.4 Å². The highest BCUT2D eigenvalue weighted by Gasteiger charge is 2.33. The van der Waals surface area contributed by atoms with Gasteiger partial charge >= 0.3 is 0 Å². The standard InChI is InChI=1S/C19H21BrN2O4S/c1-26-18-7-3-2-6-17(18)21-19(23)14-5-4-12-22(13-14)27(24,25)16-10-8-15(20)9-11-16/h2-3,6-11,14H,4-5,12-13H2,1H3,(H,21,23)/t14-/m1/s1. The number of piperidine rings is 1. The van der Waals surface area contributed by atoms with Crippen LogP contribution >= 0.6 is 15.9 Å². The molecule has 0 saturated carbocycles. The molecule has 6 nitrogen and oxygen atoms in total. The molecule has 0 aliphatic carbocycles. The fourth-order valence-electron chi connectivity index (χ4n) is 3.11. The smallest absolute Gasteiger partial charge is 0.243 e. The van der Waals surface area contributed by atoms with Crippen LogP contribution in [0.2, 0.25) is 0 Å². The van der Waals surface area contributed by atoms with Crippen molar-refractivity contribution < 1.29 is 17.9 Å². The van der Waals surface area contributed by atoms with Gasteiger partial charge in [-0.05, 0) is 49.2 Å². The van der Waals surface area contributed by atoms with Crippen LogP contribution < -0.4 is 10.1 Å². The molecule has 27 heavy (non-hydrogen) atoms. The third kappa shape index (κ3) is 4.51. The zero-order chi connectivity index (χ0) is 19.4. The Balaban J connectivity index is 1.73. The quantitative estimate of drug-likeness (QED) is 0.752. The number of ether oxygens (including phenoxy) is 1. The van der Waals surface area contributed by atoms with E-state index in [-0.39, 0.29) is 17.3 Å². The summed E-state index contributed by atoms with van der Waals surface area (Å²) >= 11 is 3.31. The highest BCUT2D eigenvalue weighted by Crippen LogP contribution is 2.28. The molecule has 0 bridgehead atoms. The Bertz CT molecular complexity index is 916. The molecule has 1 amide bonds. The molecular formula is C19H21BrN2O4S. The maximum absolute atomic E-state index is 12.9. The summed E-state index contributed by atoms with van der Waals surface area (Å²) in [6.07, 6.45) is 1.28. The van der Waals surface area contributed by atoms with Crippen molar-refractivity contribution in [3.63, 3.8) is 0 Å². The average molecular weight is 453 g/mol. The number of para-hydroxylation sites is 2. The van der Waals surface area contributed by atoms with Gasteiger partial charge in [0, 0.05) is 17.6 Å². The molecule has 144 valence electrons. The van der Waals surface area contributed by atoms with Crippen LogP contribution in [0, 0.1) is 5.92 Å². The Morgan fingerprint density at radius 2 is 1.89 bits per heavy atom. The summed E-state index contributed by atoms with van der Waals surface area (Å²) in [5, 5.41) is 2.86. The lowest BCUT2D eigenvalue weighted by Gasteiger charge is -2.31. The van der Waals surface area contributed by atoms with E-state index in [1.165, 1.54) is 11.4 Å². The van der Waals surface area contributed by atoms with Gasteiger partial charge in [0.2, 0.25) is 15.9 Å². The molecule has 0 spiro atoms.